The molecule has 0 aliphatic carbocycles. The normalized spacial score (nSPS) is 12.5. The number of hydrogen-bond acceptors (Lipinski definition) is 2. The fourth-order valence-corrected chi connectivity index (χ4v) is 2.34. The summed E-state index contributed by atoms with van der Waals surface area (Å²) in [6.45, 7) is 9.41. The average Bonchev–Trinajstić information content (AvgIpc) is 2.51. The van der Waals surface area contributed by atoms with Crippen molar-refractivity contribution in [2.75, 3.05) is 6.54 Å². The topological polar surface area (TPSA) is 21.3 Å². The minimum Gasteiger partial charge on any atom is -0.374 e. The fraction of sp³-hybridized carbons (Fsp3) is 0.684. The monoisotopic (exact) mass is 291 g/mol. The number of rotatable bonds is 12. The second-order valence-electron chi connectivity index (χ2n) is 5.96. The van der Waals surface area contributed by atoms with Gasteiger partial charge >= 0.3 is 0 Å². The first-order valence-electron chi connectivity index (χ1n) is 8.66. The number of unbranched alkanes of at least 4 members (excludes halogenated alkanes) is 3. The summed E-state index contributed by atoms with van der Waals surface area (Å²) in [6, 6.07) is 8.78. The van der Waals surface area contributed by atoms with Crippen molar-refractivity contribution in [1.29, 1.82) is 0 Å². The summed E-state index contributed by atoms with van der Waals surface area (Å²) >= 11 is 0. The molecule has 0 aliphatic rings. The quantitative estimate of drug-likeness (QED) is 0.543. The Morgan fingerprint density at radius 3 is 2.33 bits per heavy atom. The lowest BCUT2D eigenvalue weighted by Gasteiger charge is -2.13. The van der Waals surface area contributed by atoms with Gasteiger partial charge in [-0.05, 0) is 37.4 Å². The molecule has 0 fully saturated rings. The van der Waals surface area contributed by atoms with Gasteiger partial charge in [-0.2, -0.15) is 0 Å². The maximum Gasteiger partial charge on any atom is 0.0720 e. The van der Waals surface area contributed by atoms with Gasteiger partial charge in [-0.15, -0.1) is 0 Å². The van der Waals surface area contributed by atoms with Crippen molar-refractivity contribution in [2.24, 2.45) is 0 Å². The predicted octanol–water partition coefficient (Wildman–Crippen LogP) is 5.06. The van der Waals surface area contributed by atoms with Gasteiger partial charge < -0.3 is 10.1 Å². The highest BCUT2D eigenvalue weighted by Gasteiger charge is 2.03. The maximum atomic E-state index is 5.93. The zero-order valence-electron chi connectivity index (χ0n) is 14.2. The van der Waals surface area contributed by atoms with E-state index in [0.29, 0.717) is 6.10 Å². The molecule has 0 heterocycles. The van der Waals surface area contributed by atoms with E-state index in [1.165, 1.54) is 49.7 Å². The third kappa shape index (κ3) is 8.90. The highest BCUT2D eigenvalue weighted by atomic mass is 16.5. The van der Waals surface area contributed by atoms with Gasteiger partial charge in [0.05, 0.1) is 12.7 Å². The van der Waals surface area contributed by atoms with Crippen LogP contribution in [-0.2, 0) is 17.9 Å². The van der Waals surface area contributed by atoms with Crippen molar-refractivity contribution < 1.29 is 4.74 Å². The van der Waals surface area contributed by atoms with E-state index >= 15 is 0 Å². The van der Waals surface area contributed by atoms with Crippen LogP contribution in [0.5, 0.6) is 0 Å². The van der Waals surface area contributed by atoms with E-state index in [-0.39, 0.29) is 0 Å². The van der Waals surface area contributed by atoms with Crippen LogP contribution in [0.25, 0.3) is 0 Å². The van der Waals surface area contributed by atoms with Crippen molar-refractivity contribution >= 4 is 0 Å². The van der Waals surface area contributed by atoms with E-state index < -0.39 is 0 Å². The largest absolute Gasteiger partial charge is 0.374 e. The third-order valence-electron chi connectivity index (χ3n) is 3.78. The summed E-state index contributed by atoms with van der Waals surface area (Å²) < 4.78 is 5.93. The van der Waals surface area contributed by atoms with E-state index in [1.807, 2.05) is 0 Å². The molecule has 1 unspecified atom stereocenters. The molecule has 0 bridgehead atoms. The molecule has 120 valence electrons. The Bertz CT molecular complexity index is 347. The fourth-order valence-electron chi connectivity index (χ4n) is 2.34. The van der Waals surface area contributed by atoms with Crippen molar-refractivity contribution in [3.8, 4) is 0 Å². The second kappa shape index (κ2) is 11.8. The van der Waals surface area contributed by atoms with Crippen LogP contribution in [-0.4, -0.2) is 12.6 Å². The number of hydrogen-bond donors (Lipinski definition) is 1. The summed E-state index contributed by atoms with van der Waals surface area (Å²) in [5.74, 6) is 0. The number of nitrogens with one attached hydrogen (secondary N) is 1. The molecule has 1 N–H and O–H groups in total. The van der Waals surface area contributed by atoms with Gasteiger partial charge in [-0.3, -0.25) is 0 Å². The molecule has 0 saturated heterocycles. The van der Waals surface area contributed by atoms with Crippen LogP contribution in [0.4, 0.5) is 0 Å². The highest BCUT2D eigenvalue weighted by molar-refractivity contribution is 5.21. The summed E-state index contributed by atoms with van der Waals surface area (Å²) in [7, 11) is 0. The van der Waals surface area contributed by atoms with Gasteiger partial charge in [-0.1, -0.05) is 63.8 Å². The second-order valence-corrected chi connectivity index (χ2v) is 5.96. The van der Waals surface area contributed by atoms with Crippen LogP contribution in [0.2, 0.25) is 0 Å². The molecular weight excluding hydrogens is 258 g/mol. The number of benzene rings is 1. The summed E-state index contributed by atoms with van der Waals surface area (Å²) in [5, 5.41) is 3.42. The molecule has 0 spiro atoms. The molecule has 2 heteroatoms. The molecule has 0 aliphatic heterocycles. The first-order chi connectivity index (χ1) is 10.3. The van der Waals surface area contributed by atoms with E-state index in [4.69, 9.17) is 4.74 Å². The molecule has 1 aromatic rings. The average molecular weight is 291 g/mol. The van der Waals surface area contributed by atoms with Crippen LogP contribution < -0.4 is 5.32 Å². The Morgan fingerprint density at radius 1 is 0.952 bits per heavy atom. The lowest BCUT2D eigenvalue weighted by molar-refractivity contribution is 0.0459. The van der Waals surface area contributed by atoms with E-state index in [2.05, 4.69) is 50.4 Å². The van der Waals surface area contributed by atoms with Gasteiger partial charge in [0.25, 0.3) is 0 Å². The first kappa shape index (κ1) is 18.2. The van der Waals surface area contributed by atoms with Crippen molar-refractivity contribution in [1.82, 2.24) is 5.32 Å². The van der Waals surface area contributed by atoms with Crippen molar-refractivity contribution in [3.63, 3.8) is 0 Å². The lowest BCUT2D eigenvalue weighted by atomic mass is 10.1. The standard InChI is InChI=1S/C19H33NO/c1-4-6-7-8-9-17(3)21-16-19-12-10-18(11-13-19)15-20-14-5-2/h10-13,17,20H,4-9,14-16H2,1-3H3. The van der Waals surface area contributed by atoms with E-state index in [9.17, 15) is 0 Å². The Kier molecular flexibility index (Phi) is 10.2. The predicted molar refractivity (Wildman–Crippen MR) is 91.4 cm³/mol. The lowest BCUT2D eigenvalue weighted by Crippen LogP contribution is -2.13. The van der Waals surface area contributed by atoms with Gasteiger partial charge in [0.2, 0.25) is 0 Å². The zero-order valence-corrected chi connectivity index (χ0v) is 14.2. The van der Waals surface area contributed by atoms with Gasteiger partial charge in [0, 0.05) is 6.54 Å². The molecule has 0 radical (unpaired) electrons. The zero-order chi connectivity index (χ0) is 15.3. The van der Waals surface area contributed by atoms with Gasteiger partial charge in [-0.25, -0.2) is 0 Å². The molecule has 0 aromatic heterocycles. The molecule has 2 nitrogen and oxygen atoms in total. The van der Waals surface area contributed by atoms with Crippen LogP contribution in [0.15, 0.2) is 24.3 Å². The molecular formula is C19H33NO. The Labute approximate surface area is 131 Å². The maximum absolute atomic E-state index is 5.93. The molecule has 1 rings (SSSR count). The molecule has 21 heavy (non-hydrogen) atoms. The van der Waals surface area contributed by atoms with Crippen LogP contribution >= 0.6 is 0 Å². The summed E-state index contributed by atoms with van der Waals surface area (Å²) in [4.78, 5) is 0. The van der Waals surface area contributed by atoms with Crippen LogP contribution in [0.1, 0.15) is 70.4 Å². The minimum absolute atomic E-state index is 0.368. The summed E-state index contributed by atoms with van der Waals surface area (Å²) in [6.07, 6.45) is 8.00. The molecule has 0 amide bonds. The first-order valence-corrected chi connectivity index (χ1v) is 8.66. The van der Waals surface area contributed by atoms with E-state index in [1.54, 1.807) is 0 Å². The van der Waals surface area contributed by atoms with E-state index in [0.717, 1.165) is 19.7 Å². The number of ether oxygens (including phenoxy) is 1. The Hall–Kier alpha value is -0.860. The molecule has 0 saturated carbocycles. The molecule has 1 atom stereocenters. The minimum atomic E-state index is 0.368. The smallest absolute Gasteiger partial charge is 0.0720 e. The van der Waals surface area contributed by atoms with Crippen LogP contribution in [0, 0.1) is 0 Å². The Balaban J connectivity index is 2.19. The summed E-state index contributed by atoms with van der Waals surface area (Å²) in [5.41, 5.74) is 2.62. The van der Waals surface area contributed by atoms with Crippen LogP contribution in [0.3, 0.4) is 0 Å². The highest BCUT2D eigenvalue weighted by Crippen LogP contribution is 2.11. The Morgan fingerprint density at radius 2 is 1.67 bits per heavy atom. The van der Waals surface area contributed by atoms with Gasteiger partial charge in [0.15, 0.2) is 0 Å². The van der Waals surface area contributed by atoms with Crippen molar-refractivity contribution in [2.45, 2.75) is 78.6 Å². The van der Waals surface area contributed by atoms with Gasteiger partial charge in [0.1, 0.15) is 0 Å². The third-order valence-corrected chi connectivity index (χ3v) is 3.78. The SMILES string of the molecule is CCCCCCC(C)OCc1ccc(CNCCC)cc1. The van der Waals surface area contributed by atoms with Crippen molar-refractivity contribution in [3.05, 3.63) is 35.4 Å². The molecule has 1 aromatic carbocycles.